The lowest BCUT2D eigenvalue weighted by atomic mass is 9.99. The van der Waals surface area contributed by atoms with Crippen molar-refractivity contribution in [1.29, 1.82) is 0 Å². The molecule has 70 valence electrons. The lowest BCUT2D eigenvalue weighted by molar-refractivity contribution is 0.354. The monoisotopic (exact) mass is 175 g/mol. The molecule has 1 saturated heterocycles. The first kappa shape index (κ1) is 8.76. The summed E-state index contributed by atoms with van der Waals surface area (Å²) in [5, 5.41) is 0. The van der Waals surface area contributed by atoms with E-state index in [2.05, 4.69) is 42.2 Å². The Morgan fingerprint density at radius 2 is 2.08 bits per heavy atom. The Morgan fingerprint density at radius 1 is 1.31 bits per heavy atom. The van der Waals surface area contributed by atoms with Gasteiger partial charge in [-0.25, -0.2) is 0 Å². The molecule has 0 aromatic heterocycles. The summed E-state index contributed by atoms with van der Waals surface area (Å²) >= 11 is 0. The van der Waals surface area contributed by atoms with Crippen molar-refractivity contribution in [2.45, 2.75) is 19.3 Å². The van der Waals surface area contributed by atoms with E-state index < -0.39 is 0 Å². The number of likely N-dealkylation sites (N-methyl/N-ethyl adjacent to an activating group) is 1. The largest absolute Gasteiger partial charge is 0.303 e. The van der Waals surface area contributed by atoms with Crippen LogP contribution >= 0.6 is 0 Å². The molecular weight excluding hydrogens is 158 g/mol. The minimum atomic E-state index is 0.779. The number of hydrogen-bond donors (Lipinski definition) is 0. The van der Waals surface area contributed by atoms with E-state index in [0.29, 0.717) is 0 Å². The van der Waals surface area contributed by atoms with E-state index in [4.69, 9.17) is 0 Å². The molecule has 0 N–H and O–H groups in total. The summed E-state index contributed by atoms with van der Waals surface area (Å²) in [6.07, 6.45) is 1.33. The maximum absolute atomic E-state index is 2.53. The van der Waals surface area contributed by atoms with Crippen molar-refractivity contribution in [3.05, 3.63) is 35.9 Å². The van der Waals surface area contributed by atoms with E-state index in [1.807, 2.05) is 0 Å². The van der Waals surface area contributed by atoms with E-state index in [-0.39, 0.29) is 0 Å². The molecule has 1 heteroatoms. The SMILES string of the molecule is CCN1CC[C@H](c2ccccc2)C1. The van der Waals surface area contributed by atoms with Crippen LogP contribution in [0.15, 0.2) is 30.3 Å². The van der Waals surface area contributed by atoms with Gasteiger partial charge in [0.1, 0.15) is 0 Å². The predicted molar refractivity (Wildman–Crippen MR) is 55.9 cm³/mol. The van der Waals surface area contributed by atoms with Gasteiger partial charge in [0.25, 0.3) is 0 Å². The van der Waals surface area contributed by atoms with E-state index in [1.165, 1.54) is 31.6 Å². The Balaban J connectivity index is 2.04. The molecule has 1 fully saturated rings. The molecule has 1 aromatic rings. The molecule has 1 nitrogen and oxygen atoms in total. The summed E-state index contributed by atoms with van der Waals surface area (Å²) in [6, 6.07) is 10.9. The highest BCUT2D eigenvalue weighted by Crippen LogP contribution is 2.26. The van der Waals surface area contributed by atoms with Crippen molar-refractivity contribution in [3.8, 4) is 0 Å². The van der Waals surface area contributed by atoms with Gasteiger partial charge < -0.3 is 4.90 Å². The molecule has 13 heavy (non-hydrogen) atoms. The van der Waals surface area contributed by atoms with Crippen molar-refractivity contribution < 1.29 is 0 Å². The van der Waals surface area contributed by atoms with Crippen LogP contribution in [0.1, 0.15) is 24.8 Å². The minimum absolute atomic E-state index is 0.779. The number of rotatable bonds is 2. The zero-order chi connectivity index (χ0) is 9.10. The highest BCUT2D eigenvalue weighted by molar-refractivity contribution is 5.20. The fourth-order valence-electron chi connectivity index (χ4n) is 2.12. The van der Waals surface area contributed by atoms with E-state index in [1.54, 1.807) is 0 Å². The summed E-state index contributed by atoms with van der Waals surface area (Å²) in [4.78, 5) is 2.53. The van der Waals surface area contributed by atoms with E-state index in [9.17, 15) is 0 Å². The zero-order valence-electron chi connectivity index (χ0n) is 8.24. The summed E-state index contributed by atoms with van der Waals surface area (Å²) in [5.41, 5.74) is 1.51. The first-order valence-corrected chi connectivity index (χ1v) is 5.17. The first-order chi connectivity index (χ1) is 6.40. The smallest absolute Gasteiger partial charge is 0.00506 e. The molecule has 2 rings (SSSR count). The van der Waals surface area contributed by atoms with Crippen LogP contribution in [0.25, 0.3) is 0 Å². The first-order valence-electron chi connectivity index (χ1n) is 5.17. The molecule has 1 heterocycles. The van der Waals surface area contributed by atoms with Crippen LogP contribution < -0.4 is 0 Å². The average Bonchev–Trinajstić information content (AvgIpc) is 2.67. The Labute approximate surface area is 80.4 Å². The molecular formula is C12H17N. The Morgan fingerprint density at radius 3 is 2.69 bits per heavy atom. The fourth-order valence-corrected chi connectivity index (χ4v) is 2.12. The summed E-state index contributed by atoms with van der Waals surface area (Å²) < 4.78 is 0. The number of nitrogens with zero attached hydrogens (tertiary/aromatic N) is 1. The molecule has 0 aliphatic carbocycles. The second-order valence-electron chi connectivity index (χ2n) is 3.79. The summed E-state index contributed by atoms with van der Waals surface area (Å²) in [6.45, 7) is 5.97. The molecule has 1 aliphatic heterocycles. The van der Waals surface area contributed by atoms with Gasteiger partial charge in [-0.3, -0.25) is 0 Å². The van der Waals surface area contributed by atoms with Crippen LogP contribution in [0.4, 0.5) is 0 Å². The number of benzene rings is 1. The topological polar surface area (TPSA) is 3.24 Å². The Bertz CT molecular complexity index is 255. The van der Waals surface area contributed by atoms with Gasteiger partial charge in [0.05, 0.1) is 0 Å². The molecule has 0 radical (unpaired) electrons. The molecule has 1 atom stereocenters. The molecule has 0 unspecified atom stereocenters. The Hall–Kier alpha value is -0.820. The van der Waals surface area contributed by atoms with Gasteiger partial charge in [-0.1, -0.05) is 37.3 Å². The molecule has 0 amide bonds. The molecule has 0 bridgehead atoms. The van der Waals surface area contributed by atoms with Gasteiger partial charge in [-0.05, 0) is 31.0 Å². The van der Waals surface area contributed by atoms with Crippen molar-refractivity contribution in [3.63, 3.8) is 0 Å². The number of hydrogen-bond acceptors (Lipinski definition) is 1. The van der Waals surface area contributed by atoms with E-state index >= 15 is 0 Å². The second-order valence-corrected chi connectivity index (χ2v) is 3.79. The van der Waals surface area contributed by atoms with Crippen LogP contribution in [0.5, 0.6) is 0 Å². The second kappa shape index (κ2) is 3.93. The van der Waals surface area contributed by atoms with Crippen molar-refractivity contribution >= 4 is 0 Å². The predicted octanol–water partition coefficient (Wildman–Crippen LogP) is 2.50. The lowest BCUT2D eigenvalue weighted by Crippen LogP contribution is -2.19. The number of likely N-dealkylation sites (tertiary alicyclic amines) is 1. The third-order valence-corrected chi connectivity index (χ3v) is 2.99. The van der Waals surface area contributed by atoms with Crippen molar-refractivity contribution in [1.82, 2.24) is 4.90 Å². The maximum Gasteiger partial charge on any atom is 0.00506 e. The molecule has 1 aliphatic rings. The van der Waals surface area contributed by atoms with Crippen LogP contribution in [0.2, 0.25) is 0 Å². The minimum Gasteiger partial charge on any atom is -0.303 e. The van der Waals surface area contributed by atoms with Gasteiger partial charge in [0.15, 0.2) is 0 Å². The standard InChI is InChI=1S/C12H17N/c1-2-13-9-8-12(10-13)11-6-4-3-5-7-11/h3-7,12H,2,8-10H2,1H3/t12-/m0/s1. The maximum atomic E-state index is 2.53. The summed E-state index contributed by atoms with van der Waals surface area (Å²) in [7, 11) is 0. The van der Waals surface area contributed by atoms with Gasteiger partial charge in [0, 0.05) is 6.54 Å². The van der Waals surface area contributed by atoms with Crippen LogP contribution in [-0.2, 0) is 0 Å². The third-order valence-electron chi connectivity index (χ3n) is 2.99. The van der Waals surface area contributed by atoms with Gasteiger partial charge in [-0.15, -0.1) is 0 Å². The average molecular weight is 175 g/mol. The van der Waals surface area contributed by atoms with Gasteiger partial charge >= 0.3 is 0 Å². The van der Waals surface area contributed by atoms with Crippen LogP contribution in [-0.4, -0.2) is 24.5 Å². The van der Waals surface area contributed by atoms with Gasteiger partial charge in [0.2, 0.25) is 0 Å². The lowest BCUT2D eigenvalue weighted by Gasteiger charge is -2.12. The van der Waals surface area contributed by atoms with Crippen molar-refractivity contribution in [2.75, 3.05) is 19.6 Å². The highest BCUT2D eigenvalue weighted by atomic mass is 15.1. The zero-order valence-corrected chi connectivity index (χ0v) is 8.24. The summed E-state index contributed by atoms with van der Waals surface area (Å²) in [5.74, 6) is 0.779. The highest BCUT2D eigenvalue weighted by Gasteiger charge is 2.21. The quantitative estimate of drug-likeness (QED) is 0.667. The molecule has 0 saturated carbocycles. The van der Waals surface area contributed by atoms with Crippen LogP contribution in [0.3, 0.4) is 0 Å². The normalized spacial score (nSPS) is 23.6. The fraction of sp³-hybridized carbons (Fsp3) is 0.500. The van der Waals surface area contributed by atoms with Gasteiger partial charge in [-0.2, -0.15) is 0 Å². The molecule has 1 aromatic carbocycles. The Kier molecular flexibility index (Phi) is 2.65. The van der Waals surface area contributed by atoms with Crippen LogP contribution in [0, 0.1) is 0 Å². The van der Waals surface area contributed by atoms with Crippen molar-refractivity contribution in [2.24, 2.45) is 0 Å². The molecule has 0 spiro atoms. The van der Waals surface area contributed by atoms with E-state index in [0.717, 1.165) is 5.92 Å². The third kappa shape index (κ3) is 1.92.